The predicted octanol–water partition coefficient (Wildman–Crippen LogP) is 16.3. The molecule has 1 atom stereocenters. The summed E-state index contributed by atoms with van der Waals surface area (Å²) in [6.07, 6.45) is -0.0857. The van der Waals surface area contributed by atoms with Crippen molar-refractivity contribution in [3.63, 3.8) is 0 Å². The standard InChI is InChI=1S/C63H43N5/c1-3-21-48(22-4-1)67-58-31-13-11-29-56(58)64-62(67)46-37-33-44(34-38-46)54-41-55(45-35-39-47(40-36-45)63-65-57-30-12-14-32-59(57)68(63)49-23-5-2-6-24-49)61(53-28-16-20-43-18-8-10-26-51(43)53)66-60(54)52-27-15-19-42-17-7-9-25-50(42)52/h1-41,62,64H. The number of aromatic nitrogens is 3. The molecule has 1 aliphatic rings. The van der Waals surface area contributed by atoms with Gasteiger partial charge in [-0.15, -0.1) is 0 Å². The summed E-state index contributed by atoms with van der Waals surface area (Å²) in [5, 5.41) is 8.50. The number of anilines is 3. The second-order valence-electron chi connectivity index (χ2n) is 17.4. The summed E-state index contributed by atoms with van der Waals surface area (Å²) in [6.45, 7) is 0. The molecule has 0 bridgehead atoms. The SMILES string of the molecule is c1ccc(N2c3ccccc3NC2c2ccc(-c3cc(-c4ccc(-c5nc6ccccc6n5-c5ccccc5)cc4)c(-c4cccc5ccccc45)nc3-c3cccc4ccccc34)cc2)cc1. The molecule has 0 spiro atoms. The summed E-state index contributed by atoms with van der Waals surface area (Å²) in [4.78, 5) is 13.5. The van der Waals surface area contributed by atoms with Crippen LogP contribution in [0.5, 0.6) is 0 Å². The molecule has 1 N–H and O–H groups in total. The molecule has 320 valence electrons. The highest BCUT2D eigenvalue weighted by atomic mass is 15.3. The fourth-order valence-corrected chi connectivity index (χ4v) is 10.2. The van der Waals surface area contributed by atoms with E-state index >= 15 is 0 Å². The van der Waals surface area contributed by atoms with E-state index < -0.39 is 0 Å². The van der Waals surface area contributed by atoms with E-state index in [1.54, 1.807) is 0 Å². The van der Waals surface area contributed by atoms with Crippen LogP contribution in [0.15, 0.2) is 249 Å². The molecule has 12 aromatic rings. The zero-order valence-electron chi connectivity index (χ0n) is 37.0. The quantitative estimate of drug-likeness (QED) is 0.165. The van der Waals surface area contributed by atoms with E-state index in [1.807, 2.05) is 0 Å². The Labute approximate surface area is 394 Å². The Balaban J connectivity index is 1.01. The number of nitrogens with one attached hydrogen (secondary N) is 1. The summed E-state index contributed by atoms with van der Waals surface area (Å²) in [7, 11) is 0. The van der Waals surface area contributed by atoms with Gasteiger partial charge >= 0.3 is 0 Å². The lowest BCUT2D eigenvalue weighted by Crippen LogP contribution is -2.23. The van der Waals surface area contributed by atoms with E-state index in [4.69, 9.17) is 9.97 Å². The van der Waals surface area contributed by atoms with E-state index in [9.17, 15) is 0 Å². The van der Waals surface area contributed by atoms with E-state index in [0.717, 1.165) is 106 Å². The minimum Gasteiger partial charge on any atom is -0.359 e. The molecule has 1 aliphatic heterocycles. The zero-order valence-corrected chi connectivity index (χ0v) is 37.0. The van der Waals surface area contributed by atoms with Crippen LogP contribution in [0.3, 0.4) is 0 Å². The topological polar surface area (TPSA) is 46.0 Å². The summed E-state index contributed by atoms with van der Waals surface area (Å²) >= 11 is 0. The summed E-state index contributed by atoms with van der Waals surface area (Å²) < 4.78 is 2.26. The van der Waals surface area contributed by atoms with E-state index in [1.165, 1.54) is 10.8 Å². The number of imidazole rings is 1. The maximum Gasteiger partial charge on any atom is 0.145 e. The van der Waals surface area contributed by atoms with Gasteiger partial charge in [0.2, 0.25) is 0 Å². The largest absolute Gasteiger partial charge is 0.359 e. The highest BCUT2D eigenvalue weighted by Gasteiger charge is 2.31. The second-order valence-corrected chi connectivity index (χ2v) is 17.4. The third-order valence-corrected chi connectivity index (χ3v) is 13.4. The van der Waals surface area contributed by atoms with E-state index in [-0.39, 0.29) is 6.17 Å². The van der Waals surface area contributed by atoms with Crippen LogP contribution in [0.25, 0.3) is 94.4 Å². The van der Waals surface area contributed by atoms with Gasteiger partial charge in [0.1, 0.15) is 12.0 Å². The maximum absolute atomic E-state index is 5.87. The van der Waals surface area contributed by atoms with Crippen LogP contribution in [0.1, 0.15) is 11.7 Å². The summed E-state index contributed by atoms with van der Waals surface area (Å²) in [6, 6.07) is 88.8. The molecule has 13 rings (SSSR count). The number of para-hydroxylation sites is 6. The molecular weight excluding hydrogens is 827 g/mol. The van der Waals surface area contributed by atoms with Crippen LogP contribution >= 0.6 is 0 Å². The van der Waals surface area contributed by atoms with E-state index in [0.29, 0.717) is 0 Å². The van der Waals surface area contributed by atoms with Gasteiger partial charge in [-0.3, -0.25) is 4.57 Å². The lowest BCUT2D eigenvalue weighted by molar-refractivity contribution is 0.828. The third-order valence-electron chi connectivity index (χ3n) is 13.4. The van der Waals surface area contributed by atoms with Gasteiger partial charge in [0.15, 0.2) is 0 Å². The normalized spacial score (nSPS) is 13.2. The first-order valence-electron chi connectivity index (χ1n) is 23.2. The first-order valence-corrected chi connectivity index (χ1v) is 23.2. The van der Waals surface area contributed by atoms with Gasteiger partial charge in [0.05, 0.1) is 33.8 Å². The van der Waals surface area contributed by atoms with E-state index in [2.05, 4.69) is 264 Å². The van der Waals surface area contributed by atoms with Gasteiger partial charge in [0.25, 0.3) is 0 Å². The van der Waals surface area contributed by atoms with Crippen molar-refractivity contribution in [1.29, 1.82) is 0 Å². The summed E-state index contributed by atoms with van der Waals surface area (Å²) in [5.74, 6) is 0.897. The fraction of sp³-hybridized carbons (Fsp3) is 0.0159. The Bertz CT molecular complexity index is 3810. The van der Waals surface area contributed by atoms with Gasteiger partial charge in [-0.1, -0.05) is 194 Å². The van der Waals surface area contributed by atoms with Crippen LogP contribution in [-0.2, 0) is 0 Å². The molecule has 5 heteroatoms. The number of rotatable bonds is 8. The number of fused-ring (bicyclic) bond motifs is 4. The van der Waals surface area contributed by atoms with Gasteiger partial charge in [0, 0.05) is 39.2 Å². The molecule has 0 amide bonds. The van der Waals surface area contributed by atoms with Crippen LogP contribution < -0.4 is 10.2 Å². The van der Waals surface area contributed by atoms with Gasteiger partial charge in [-0.05, 0) is 92.8 Å². The second kappa shape index (κ2) is 16.4. The highest BCUT2D eigenvalue weighted by molar-refractivity contribution is 6.04. The first-order chi connectivity index (χ1) is 33.7. The van der Waals surface area contributed by atoms with Gasteiger partial charge < -0.3 is 10.2 Å². The molecule has 0 fully saturated rings. The van der Waals surface area contributed by atoms with Gasteiger partial charge in [-0.25, -0.2) is 9.97 Å². The average Bonchev–Trinajstić information content (AvgIpc) is 4.01. The van der Waals surface area contributed by atoms with Crippen molar-refractivity contribution < 1.29 is 0 Å². The molecule has 68 heavy (non-hydrogen) atoms. The van der Waals surface area contributed by atoms with Crippen molar-refractivity contribution in [2.24, 2.45) is 0 Å². The fourth-order valence-electron chi connectivity index (χ4n) is 10.2. The highest BCUT2D eigenvalue weighted by Crippen LogP contribution is 2.47. The molecule has 5 nitrogen and oxygen atoms in total. The molecule has 3 heterocycles. The zero-order chi connectivity index (χ0) is 45.0. The minimum absolute atomic E-state index is 0.0857. The third kappa shape index (κ3) is 6.71. The van der Waals surface area contributed by atoms with Crippen molar-refractivity contribution in [3.8, 4) is 61.8 Å². The molecule has 2 aromatic heterocycles. The predicted molar refractivity (Wildman–Crippen MR) is 282 cm³/mol. The van der Waals surface area contributed by atoms with Crippen molar-refractivity contribution in [3.05, 3.63) is 254 Å². The maximum atomic E-state index is 5.87. The average molecular weight is 870 g/mol. The monoisotopic (exact) mass is 869 g/mol. The Morgan fingerprint density at radius 3 is 1.56 bits per heavy atom. The summed E-state index contributed by atoms with van der Waals surface area (Å²) in [5.41, 5.74) is 17.0. The molecular formula is C63H43N5. The minimum atomic E-state index is -0.0857. The van der Waals surface area contributed by atoms with Crippen molar-refractivity contribution in [2.75, 3.05) is 10.2 Å². The van der Waals surface area contributed by atoms with Crippen LogP contribution in [0.4, 0.5) is 17.1 Å². The number of pyridine rings is 1. The van der Waals surface area contributed by atoms with Crippen molar-refractivity contribution in [1.82, 2.24) is 14.5 Å². The smallest absolute Gasteiger partial charge is 0.145 e. The lowest BCUT2D eigenvalue weighted by atomic mass is 9.89. The molecule has 1 unspecified atom stereocenters. The van der Waals surface area contributed by atoms with Crippen LogP contribution in [-0.4, -0.2) is 14.5 Å². The number of hydrogen-bond acceptors (Lipinski definition) is 4. The first kappa shape index (κ1) is 39.3. The molecule has 0 saturated heterocycles. The lowest BCUT2D eigenvalue weighted by Gasteiger charge is -2.27. The Hall–Kier alpha value is -9.06. The van der Waals surface area contributed by atoms with Gasteiger partial charge in [-0.2, -0.15) is 0 Å². The van der Waals surface area contributed by atoms with Crippen LogP contribution in [0, 0.1) is 0 Å². The Kier molecular flexibility index (Phi) is 9.50. The molecule has 0 radical (unpaired) electrons. The molecule has 10 aromatic carbocycles. The van der Waals surface area contributed by atoms with Crippen LogP contribution in [0.2, 0.25) is 0 Å². The number of nitrogens with zero attached hydrogens (tertiary/aromatic N) is 4. The molecule has 0 aliphatic carbocycles. The Morgan fingerprint density at radius 1 is 0.382 bits per heavy atom. The molecule has 0 saturated carbocycles. The number of hydrogen-bond donors (Lipinski definition) is 1. The Morgan fingerprint density at radius 2 is 0.897 bits per heavy atom. The number of benzene rings is 10. The van der Waals surface area contributed by atoms with Crippen molar-refractivity contribution in [2.45, 2.75) is 6.17 Å². The van der Waals surface area contributed by atoms with Crippen molar-refractivity contribution >= 4 is 49.6 Å².